The number of hydrogen-bond donors (Lipinski definition) is 1. The summed E-state index contributed by atoms with van der Waals surface area (Å²) >= 11 is 0. The van der Waals surface area contributed by atoms with Crippen molar-refractivity contribution in [1.82, 2.24) is 5.32 Å². The molecule has 0 aliphatic heterocycles. The molecule has 19 heavy (non-hydrogen) atoms. The summed E-state index contributed by atoms with van der Waals surface area (Å²) < 4.78 is 23.0. The van der Waals surface area contributed by atoms with Crippen molar-refractivity contribution < 1.29 is 18.7 Å². The van der Waals surface area contributed by atoms with Gasteiger partial charge in [-0.3, -0.25) is 5.32 Å². The van der Waals surface area contributed by atoms with Gasteiger partial charge < -0.3 is 9.47 Å². The number of benzene rings is 1. The zero-order valence-electron chi connectivity index (χ0n) is 11.5. The molecule has 0 saturated heterocycles. The predicted octanol–water partition coefficient (Wildman–Crippen LogP) is 1.84. The van der Waals surface area contributed by atoms with Crippen LogP contribution in [0.3, 0.4) is 0 Å². The molecule has 1 N–H and O–H groups in total. The third-order valence-corrected chi connectivity index (χ3v) is 2.89. The summed E-state index contributed by atoms with van der Waals surface area (Å²) in [6.45, 7) is 4.72. The summed E-state index contributed by atoms with van der Waals surface area (Å²) in [5.41, 5.74) is -0.356. The average Bonchev–Trinajstić information content (AvgIpc) is 2.39. The van der Waals surface area contributed by atoms with Gasteiger partial charge in [-0.15, -0.1) is 0 Å². The van der Waals surface area contributed by atoms with Crippen molar-refractivity contribution in [1.29, 1.82) is 0 Å². The topological polar surface area (TPSA) is 47.6 Å². The van der Waals surface area contributed by atoms with E-state index in [4.69, 9.17) is 9.47 Å². The van der Waals surface area contributed by atoms with Gasteiger partial charge in [-0.2, -0.15) is 0 Å². The largest absolute Gasteiger partial charge is 0.464 e. The maximum absolute atomic E-state index is 13.0. The summed E-state index contributed by atoms with van der Waals surface area (Å²) in [5.74, 6) is -0.732. The molecular formula is C14H20FNO3. The number of esters is 1. The van der Waals surface area contributed by atoms with Gasteiger partial charge in [0, 0.05) is 13.7 Å². The first kappa shape index (κ1) is 15.6. The quantitative estimate of drug-likeness (QED) is 0.606. The standard InChI is InChI=1S/C14H20FNO3/c1-4-19-13(17)14(2,16-9-10-18-3)11-5-7-12(15)8-6-11/h5-8,16H,4,9-10H2,1-3H3. The molecule has 0 bridgehead atoms. The van der Waals surface area contributed by atoms with E-state index in [0.717, 1.165) is 0 Å². The Hall–Kier alpha value is -1.46. The van der Waals surface area contributed by atoms with Crippen LogP contribution in [-0.2, 0) is 19.8 Å². The van der Waals surface area contributed by atoms with Crippen molar-refractivity contribution in [2.24, 2.45) is 0 Å². The van der Waals surface area contributed by atoms with Crippen molar-refractivity contribution in [3.8, 4) is 0 Å². The third kappa shape index (κ3) is 4.01. The second-order valence-electron chi connectivity index (χ2n) is 4.27. The molecule has 0 aliphatic rings. The Morgan fingerprint density at radius 1 is 1.37 bits per heavy atom. The summed E-state index contributed by atoms with van der Waals surface area (Å²) in [6, 6.07) is 5.80. The van der Waals surface area contributed by atoms with Crippen molar-refractivity contribution in [3.63, 3.8) is 0 Å². The number of rotatable bonds is 7. The van der Waals surface area contributed by atoms with Crippen LogP contribution < -0.4 is 5.32 Å². The highest BCUT2D eigenvalue weighted by atomic mass is 19.1. The first-order chi connectivity index (χ1) is 9.04. The monoisotopic (exact) mass is 269 g/mol. The minimum absolute atomic E-state index is 0.293. The Morgan fingerprint density at radius 2 is 2.00 bits per heavy atom. The van der Waals surface area contributed by atoms with Crippen LogP contribution in [0, 0.1) is 5.82 Å². The van der Waals surface area contributed by atoms with E-state index in [1.165, 1.54) is 12.1 Å². The molecule has 0 fully saturated rings. The van der Waals surface area contributed by atoms with E-state index in [-0.39, 0.29) is 5.82 Å². The molecule has 1 rings (SSSR count). The fourth-order valence-electron chi connectivity index (χ4n) is 1.75. The normalized spacial score (nSPS) is 13.9. The molecule has 0 spiro atoms. The maximum atomic E-state index is 13.0. The first-order valence-corrected chi connectivity index (χ1v) is 6.21. The highest BCUT2D eigenvalue weighted by molar-refractivity contribution is 5.82. The van der Waals surface area contributed by atoms with Gasteiger partial charge in [0.05, 0.1) is 13.2 Å². The lowest BCUT2D eigenvalue weighted by molar-refractivity contribution is -0.151. The zero-order valence-corrected chi connectivity index (χ0v) is 11.5. The lowest BCUT2D eigenvalue weighted by Gasteiger charge is -2.29. The van der Waals surface area contributed by atoms with Gasteiger partial charge in [-0.25, -0.2) is 9.18 Å². The second-order valence-corrected chi connectivity index (χ2v) is 4.27. The highest BCUT2D eigenvalue weighted by Gasteiger charge is 2.36. The predicted molar refractivity (Wildman–Crippen MR) is 70.3 cm³/mol. The van der Waals surface area contributed by atoms with E-state index in [1.807, 2.05) is 0 Å². The number of carbonyl (C=O) groups excluding carboxylic acids is 1. The number of halogens is 1. The molecule has 4 nitrogen and oxygen atoms in total. The molecule has 1 aromatic rings. The molecule has 0 radical (unpaired) electrons. The van der Waals surface area contributed by atoms with Gasteiger partial charge in [-0.05, 0) is 31.5 Å². The zero-order chi connectivity index (χ0) is 14.3. The number of hydrogen-bond acceptors (Lipinski definition) is 4. The molecule has 1 atom stereocenters. The molecule has 1 aromatic carbocycles. The van der Waals surface area contributed by atoms with Crippen LogP contribution in [0.5, 0.6) is 0 Å². The van der Waals surface area contributed by atoms with E-state index in [1.54, 1.807) is 33.1 Å². The highest BCUT2D eigenvalue weighted by Crippen LogP contribution is 2.22. The van der Waals surface area contributed by atoms with Crippen LogP contribution in [0.2, 0.25) is 0 Å². The summed E-state index contributed by atoms with van der Waals surface area (Å²) in [5, 5.41) is 3.10. The molecule has 0 aliphatic carbocycles. The Balaban J connectivity index is 2.96. The average molecular weight is 269 g/mol. The van der Waals surface area contributed by atoms with Crippen LogP contribution in [0.25, 0.3) is 0 Å². The van der Waals surface area contributed by atoms with Crippen LogP contribution >= 0.6 is 0 Å². The number of nitrogens with one attached hydrogen (secondary N) is 1. The fourth-order valence-corrected chi connectivity index (χ4v) is 1.75. The summed E-state index contributed by atoms with van der Waals surface area (Å²) in [4.78, 5) is 12.1. The van der Waals surface area contributed by atoms with Gasteiger partial charge in [-0.1, -0.05) is 12.1 Å². The Labute approximate surface area is 112 Å². The van der Waals surface area contributed by atoms with E-state index >= 15 is 0 Å². The van der Waals surface area contributed by atoms with Crippen molar-refractivity contribution in [3.05, 3.63) is 35.6 Å². The van der Waals surface area contributed by atoms with E-state index in [9.17, 15) is 9.18 Å². The molecular weight excluding hydrogens is 249 g/mol. The van der Waals surface area contributed by atoms with Crippen molar-refractivity contribution in [2.45, 2.75) is 19.4 Å². The minimum atomic E-state index is -1.01. The van der Waals surface area contributed by atoms with Gasteiger partial charge in [0.1, 0.15) is 11.4 Å². The number of ether oxygens (including phenoxy) is 2. The minimum Gasteiger partial charge on any atom is -0.464 e. The summed E-state index contributed by atoms with van der Waals surface area (Å²) in [6.07, 6.45) is 0. The van der Waals surface area contributed by atoms with Gasteiger partial charge in [0.25, 0.3) is 0 Å². The SMILES string of the molecule is CCOC(=O)C(C)(NCCOC)c1ccc(F)cc1. The third-order valence-electron chi connectivity index (χ3n) is 2.89. The first-order valence-electron chi connectivity index (χ1n) is 6.21. The maximum Gasteiger partial charge on any atom is 0.330 e. The van der Waals surface area contributed by atoms with E-state index in [2.05, 4.69) is 5.32 Å². The van der Waals surface area contributed by atoms with Crippen molar-refractivity contribution >= 4 is 5.97 Å². The molecule has 0 aromatic heterocycles. The second kappa shape index (κ2) is 7.21. The van der Waals surface area contributed by atoms with Gasteiger partial charge in [0.15, 0.2) is 0 Å². The van der Waals surface area contributed by atoms with Crippen LogP contribution in [-0.4, -0.2) is 32.8 Å². The van der Waals surface area contributed by atoms with Crippen LogP contribution in [0.1, 0.15) is 19.4 Å². The lowest BCUT2D eigenvalue weighted by atomic mass is 9.92. The molecule has 0 heterocycles. The van der Waals surface area contributed by atoms with Gasteiger partial charge >= 0.3 is 5.97 Å². The summed E-state index contributed by atoms with van der Waals surface area (Å²) in [7, 11) is 1.58. The number of methoxy groups -OCH3 is 1. The van der Waals surface area contributed by atoms with E-state index < -0.39 is 11.5 Å². The lowest BCUT2D eigenvalue weighted by Crippen LogP contribution is -2.48. The van der Waals surface area contributed by atoms with Crippen LogP contribution in [0.15, 0.2) is 24.3 Å². The molecule has 106 valence electrons. The van der Waals surface area contributed by atoms with Crippen LogP contribution in [0.4, 0.5) is 4.39 Å². The Kier molecular flexibility index (Phi) is 5.92. The van der Waals surface area contributed by atoms with Crippen molar-refractivity contribution in [2.75, 3.05) is 26.9 Å². The molecule has 1 unspecified atom stereocenters. The number of carbonyl (C=O) groups is 1. The van der Waals surface area contributed by atoms with Gasteiger partial charge in [0.2, 0.25) is 0 Å². The molecule has 0 amide bonds. The smallest absolute Gasteiger partial charge is 0.330 e. The fraction of sp³-hybridized carbons (Fsp3) is 0.500. The molecule has 0 saturated carbocycles. The molecule has 5 heteroatoms. The Morgan fingerprint density at radius 3 is 2.53 bits per heavy atom. The van der Waals surface area contributed by atoms with E-state index in [0.29, 0.717) is 25.3 Å². The Bertz CT molecular complexity index is 408.